The molecule has 3 N–H and O–H groups in total. The topological polar surface area (TPSA) is 153 Å². The Morgan fingerprint density at radius 1 is 1.02 bits per heavy atom. The zero-order valence-corrected chi connectivity index (χ0v) is 30.0. The number of aromatic nitrogens is 2. The number of nitrogens with zero attached hydrogens (tertiary/aromatic N) is 3. The van der Waals surface area contributed by atoms with E-state index in [4.69, 9.17) is 18.6 Å². The zero-order valence-electron chi connectivity index (χ0n) is 29.1. The monoisotopic (exact) mass is 734 g/mol. The van der Waals surface area contributed by atoms with Gasteiger partial charge in [0.2, 0.25) is 11.9 Å². The zero-order chi connectivity index (χ0) is 36.9. The molecule has 1 saturated carbocycles. The van der Waals surface area contributed by atoms with Gasteiger partial charge in [-0.1, -0.05) is 12.1 Å². The van der Waals surface area contributed by atoms with Crippen molar-refractivity contribution in [3.63, 3.8) is 0 Å². The molecule has 2 amide bonds. The standard InChI is InChI=1S/C34H42F3N6O7P/c1-6-49-51(46,50-7-2)19-20-8-14-26(28(16-20)47-4)40-33-38-17-25(34(35,36)37)30(41-33)39-27-15-13-23(24-18-43(3)32(45)29(24)27)21-9-11-22(12-10-21)31(44)42-48-5/h8,13-17,21-22H,6-7,9-12,18-19H2,1-5H3,(H,42,44)(H2,38,39,40,41). The number of anilines is 4. The van der Waals surface area contributed by atoms with Gasteiger partial charge in [0, 0.05) is 25.7 Å². The molecule has 1 aromatic heterocycles. The van der Waals surface area contributed by atoms with Crippen molar-refractivity contribution in [2.75, 3.05) is 45.1 Å². The predicted molar refractivity (Wildman–Crippen MR) is 183 cm³/mol. The summed E-state index contributed by atoms with van der Waals surface area (Å²) in [5, 5.41) is 5.71. The number of ether oxygens (including phenoxy) is 1. The van der Waals surface area contributed by atoms with Gasteiger partial charge < -0.3 is 29.3 Å². The lowest BCUT2D eigenvalue weighted by molar-refractivity contribution is -0.137. The van der Waals surface area contributed by atoms with Crippen LogP contribution in [0.4, 0.5) is 36.3 Å². The molecule has 2 heterocycles. The van der Waals surface area contributed by atoms with Crippen molar-refractivity contribution in [3.05, 3.63) is 64.3 Å². The Morgan fingerprint density at radius 3 is 2.33 bits per heavy atom. The van der Waals surface area contributed by atoms with Gasteiger partial charge in [-0.2, -0.15) is 18.2 Å². The molecule has 0 radical (unpaired) electrons. The number of fused-ring (bicyclic) bond motifs is 1. The van der Waals surface area contributed by atoms with E-state index < -0.39 is 25.2 Å². The lowest BCUT2D eigenvalue weighted by Crippen LogP contribution is -2.32. The van der Waals surface area contributed by atoms with E-state index in [9.17, 15) is 27.3 Å². The van der Waals surface area contributed by atoms with Crippen LogP contribution in [0.5, 0.6) is 5.75 Å². The lowest BCUT2D eigenvalue weighted by Gasteiger charge is -2.29. The molecule has 5 rings (SSSR count). The van der Waals surface area contributed by atoms with E-state index in [1.165, 1.54) is 19.1 Å². The summed E-state index contributed by atoms with van der Waals surface area (Å²) in [6.07, 6.45) is -1.47. The van der Waals surface area contributed by atoms with Crippen molar-refractivity contribution >= 4 is 42.6 Å². The van der Waals surface area contributed by atoms with Crippen molar-refractivity contribution in [2.24, 2.45) is 5.92 Å². The summed E-state index contributed by atoms with van der Waals surface area (Å²) in [5.41, 5.74) is 4.34. The van der Waals surface area contributed by atoms with Gasteiger partial charge in [-0.15, -0.1) is 0 Å². The molecule has 3 aromatic rings. The average molecular weight is 735 g/mol. The predicted octanol–water partition coefficient (Wildman–Crippen LogP) is 7.29. The van der Waals surface area contributed by atoms with Crippen molar-refractivity contribution < 1.29 is 45.9 Å². The first-order valence-electron chi connectivity index (χ1n) is 16.6. The lowest BCUT2D eigenvalue weighted by atomic mass is 9.76. The molecule has 1 aliphatic heterocycles. The minimum atomic E-state index is -4.81. The third-order valence-corrected chi connectivity index (χ3v) is 11.0. The highest BCUT2D eigenvalue weighted by molar-refractivity contribution is 7.53. The first kappa shape index (κ1) is 38.0. The third-order valence-electron chi connectivity index (χ3n) is 8.93. The summed E-state index contributed by atoms with van der Waals surface area (Å²) in [5.74, 6) is -1.03. The molecule has 0 bridgehead atoms. The summed E-state index contributed by atoms with van der Waals surface area (Å²) in [6, 6.07) is 8.32. The Kier molecular flexibility index (Phi) is 11.9. The fourth-order valence-corrected chi connectivity index (χ4v) is 8.28. The van der Waals surface area contributed by atoms with Crippen molar-refractivity contribution in [3.8, 4) is 5.75 Å². The summed E-state index contributed by atoms with van der Waals surface area (Å²) in [4.78, 5) is 40.1. The maximum atomic E-state index is 14.3. The number of hydrogen-bond acceptors (Lipinski definition) is 11. The van der Waals surface area contributed by atoms with Crippen molar-refractivity contribution in [1.29, 1.82) is 0 Å². The van der Waals surface area contributed by atoms with E-state index in [1.54, 1.807) is 45.2 Å². The van der Waals surface area contributed by atoms with E-state index in [0.717, 1.165) is 11.1 Å². The number of hydrogen-bond donors (Lipinski definition) is 3. The molecule has 51 heavy (non-hydrogen) atoms. The minimum Gasteiger partial charge on any atom is -0.495 e. The van der Waals surface area contributed by atoms with Crippen LogP contribution in [0.1, 0.15) is 78.1 Å². The molecule has 276 valence electrons. The molecule has 17 heteroatoms. The summed E-state index contributed by atoms with van der Waals surface area (Å²) in [6.45, 7) is 4.13. The second-order valence-corrected chi connectivity index (χ2v) is 14.3. The first-order valence-corrected chi connectivity index (χ1v) is 18.3. The Morgan fingerprint density at radius 2 is 1.71 bits per heavy atom. The number of methoxy groups -OCH3 is 1. The molecular weight excluding hydrogens is 692 g/mol. The van der Waals surface area contributed by atoms with Gasteiger partial charge in [-0.25, -0.2) is 10.5 Å². The number of nitrogens with one attached hydrogen (secondary N) is 3. The summed E-state index contributed by atoms with van der Waals surface area (Å²) < 4.78 is 72.1. The quantitative estimate of drug-likeness (QED) is 0.113. The number of alkyl halides is 3. The number of carbonyl (C=O) groups excluding carboxylic acids is 2. The number of amides is 2. The molecule has 2 aliphatic rings. The highest BCUT2D eigenvalue weighted by atomic mass is 31.2. The van der Waals surface area contributed by atoms with Gasteiger partial charge in [-0.05, 0) is 80.3 Å². The largest absolute Gasteiger partial charge is 0.495 e. The van der Waals surface area contributed by atoms with Crippen molar-refractivity contribution in [1.82, 2.24) is 20.3 Å². The molecule has 0 atom stereocenters. The number of benzene rings is 2. The Hall–Kier alpha value is -4.24. The normalized spacial score (nSPS) is 17.6. The van der Waals surface area contributed by atoms with Crippen LogP contribution in [0.3, 0.4) is 0 Å². The fourth-order valence-electron chi connectivity index (χ4n) is 6.59. The highest BCUT2D eigenvalue weighted by Crippen LogP contribution is 2.52. The van der Waals surface area contributed by atoms with E-state index in [0.29, 0.717) is 55.4 Å². The smallest absolute Gasteiger partial charge is 0.421 e. The van der Waals surface area contributed by atoms with Crippen LogP contribution >= 0.6 is 7.60 Å². The molecule has 0 spiro atoms. The number of carbonyl (C=O) groups is 2. The van der Waals surface area contributed by atoms with Crippen LogP contribution in [0.25, 0.3) is 0 Å². The maximum Gasteiger partial charge on any atom is 0.421 e. The molecule has 0 unspecified atom stereocenters. The first-order chi connectivity index (χ1) is 24.3. The second-order valence-electron chi connectivity index (χ2n) is 12.3. The Balaban J connectivity index is 1.43. The Labute approximate surface area is 294 Å². The fraction of sp³-hybridized carbons (Fsp3) is 0.471. The van der Waals surface area contributed by atoms with E-state index in [-0.39, 0.29) is 60.2 Å². The summed E-state index contributed by atoms with van der Waals surface area (Å²) >= 11 is 0. The molecular formula is C34H42F3N6O7P. The SMILES string of the molecule is CCOP(=O)(Cc1ccc(Nc2ncc(C(F)(F)F)c(Nc3ccc(C4CCC(C(=O)NOC)CC4)c4c3C(=O)N(C)C4)n2)c(OC)c1)OCC. The van der Waals surface area contributed by atoms with E-state index >= 15 is 0 Å². The molecule has 13 nitrogen and oxygen atoms in total. The molecule has 0 saturated heterocycles. The third kappa shape index (κ3) is 8.63. The number of halogens is 3. The minimum absolute atomic E-state index is 0.0139. The van der Waals surface area contributed by atoms with E-state index in [1.807, 2.05) is 6.07 Å². The van der Waals surface area contributed by atoms with Crippen LogP contribution in [0.15, 0.2) is 36.5 Å². The van der Waals surface area contributed by atoms with Crippen LogP contribution in [-0.2, 0) is 42.1 Å². The van der Waals surface area contributed by atoms with Crippen LogP contribution in [0, 0.1) is 5.92 Å². The second kappa shape index (κ2) is 16.0. The van der Waals surface area contributed by atoms with Gasteiger partial charge in [0.15, 0.2) is 0 Å². The highest BCUT2D eigenvalue weighted by Gasteiger charge is 2.38. The van der Waals surface area contributed by atoms with Crippen LogP contribution in [0.2, 0.25) is 0 Å². The van der Waals surface area contributed by atoms with Gasteiger partial charge in [0.25, 0.3) is 5.91 Å². The van der Waals surface area contributed by atoms with Crippen LogP contribution < -0.4 is 20.9 Å². The summed E-state index contributed by atoms with van der Waals surface area (Å²) in [7, 11) is 1.03. The van der Waals surface area contributed by atoms with E-state index in [2.05, 4.69) is 26.1 Å². The molecule has 1 fully saturated rings. The van der Waals surface area contributed by atoms with Gasteiger partial charge in [0.1, 0.15) is 17.1 Å². The van der Waals surface area contributed by atoms with Crippen molar-refractivity contribution in [2.45, 2.75) is 64.3 Å². The van der Waals surface area contributed by atoms with Crippen LogP contribution in [-0.4, -0.2) is 61.2 Å². The Bertz CT molecular complexity index is 1790. The number of hydroxylamine groups is 1. The van der Waals surface area contributed by atoms with Gasteiger partial charge in [-0.3, -0.25) is 19.0 Å². The maximum absolute atomic E-state index is 14.3. The molecule has 1 aliphatic carbocycles. The van der Waals surface area contributed by atoms with Gasteiger partial charge >= 0.3 is 13.8 Å². The number of rotatable bonds is 14. The average Bonchev–Trinajstić information content (AvgIpc) is 3.39. The molecule has 2 aromatic carbocycles. The van der Waals surface area contributed by atoms with Gasteiger partial charge in [0.05, 0.1) is 50.5 Å².